The molecule has 0 aromatic heterocycles. The molecule has 0 saturated carbocycles. The summed E-state index contributed by atoms with van der Waals surface area (Å²) < 4.78 is 18.7. The molecule has 0 aliphatic heterocycles. The first kappa shape index (κ1) is 18.4. The van der Waals surface area contributed by atoms with Crippen LogP contribution in [0.25, 0.3) is 0 Å². The fraction of sp³-hybridized carbons (Fsp3) is 0.263. The average Bonchev–Trinajstić information content (AvgIpc) is 2.60. The lowest BCUT2D eigenvalue weighted by Gasteiger charge is -2.09. The molecule has 2 rings (SSSR count). The van der Waals surface area contributed by atoms with Crippen molar-refractivity contribution in [3.8, 4) is 5.75 Å². The highest BCUT2D eigenvalue weighted by Gasteiger charge is 2.13. The molecule has 5 nitrogen and oxygen atoms in total. The molecule has 0 bridgehead atoms. The van der Waals surface area contributed by atoms with Gasteiger partial charge in [0.15, 0.2) is 11.6 Å². The molecule has 1 unspecified atom stereocenters. The molecule has 0 heterocycles. The van der Waals surface area contributed by atoms with Crippen LogP contribution in [0.1, 0.15) is 31.2 Å². The molecule has 0 aliphatic rings. The Morgan fingerprint density at radius 3 is 2.48 bits per heavy atom. The lowest BCUT2D eigenvalue weighted by Crippen LogP contribution is -2.13. The van der Waals surface area contributed by atoms with Crippen LogP contribution in [0, 0.1) is 5.82 Å². The molecular formula is C19H20FNO4. The lowest BCUT2D eigenvalue weighted by atomic mass is 10.0. The van der Waals surface area contributed by atoms with Gasteiger partial charge in [0.25, 0.3) is 0 Å². The van der Waals surface area contributed by atoms with E-state index in [2.05, 4.69) is 5.32 Å². The summed E-state index contributed by atoms with van der Waals surface area (Å²) in [6.07, 6.45) is 0.691. The van der Waals surface area contributed by atoms with E-state index in [9.17, 15) is 14.0 Å². The van der Waals surface area contributed by atoms with E-state index < -0.39 is 17.7 Å². The van der Waals surface area contributed by atoms with Gasteiger partial charge >= 0.3 is 5.97 Å². The minimum atomic E-state index is -0.897. The minimum absolute atomic E-state index is 0.172. The van der Waals surface area contributed by atoms with Gasteiger partial charge in [0, 0.05) is 12.1 Å². The largest absolute Gasteiger partial charge is 0.491 e. The lowest BCUT2D eigenvalue weighted by molar-refractivity contribution is -0.138. The summed E-state index contributed by atoms with van der Waals surface area (Å²) in [6, 6.07) is 12.8. The number of ether oxygens (including phenoxy) is 1. The first-order chi connectivity index (χ1) is 12.0. The molecule has 1 amide bonds. The fourth-order valence-electron chi connectivity index (χ4n) is 2.20. The number of carbonyl (C=O) groups is 2. The smallest absolute Gasteiger partial charge is 0.310 e. The van der Waals surface area contributed by atoms with Gasteiger partial charge in [0.05, 0.1) is 12.5 Å². The third kappa shape index (κ3) is 5.60. The summed E-state index contributed by atoms with van der Waals surface area (Å²) in [4.78, 5) is 22.8. The number of anilines is 1. The van der Waals surface area contributed by atoms with Crippen molar-refractivity contribution in [3.05, 3.63) is 59.9 Å². The second kappa shape index (κ2) is 8.82. The standard InChI is InChI=1S/C19H20FNO4/c1-13(19(23)24)14-8-10-15(11-9-14)21-18(22)7-4-12-25-17-6-3-2-5-16(17)20/h2-3,5-6,8-11,13H,4,7,12H2,1H3,(H,21,22)(H,23,24). The van der Waals surface area contributed by atoms with Crippen molar-refractivity contribution in [2.75, 3.05) is 11.9 Å². The van der Waals surface area contributed by atoms with E-state index in [1.54, 1.807) is 43.3 Å². The number of para-hydroxylation sites is 1. The fourth-order valence-corrected chi connectivity index (χ4v) is 2.20. The Balaban J connectivity index is 1.75. The third-order valence-electron chi connectivity index (χ3n) is 3.71. The van der Waals surface area contributed by atoms with Crippen LogP contribution in [-0.4, -0.2) is 23.6 Å². The third-order valence-corrected chi connectivity index (χ3v) is 3.71. The minimum Gasteiger partial charge on any atom is -0.491 e. The number of nitrogens with one attached hydrogen (secondary N) is 1. The van der Waals surface area contributed by atoms with Gasteiger partial charge in [-0.15, -0.1) is 0 Å². The monoisotopic (exact) mass is 345 g/mol. The van der Waals surface area contributed by atoms with Gasteiger partial charge in [-0.3, -0.25) is 9.59 Å². The van der Waals surface area contributed by atoms with E-state index in [1.807, 2.05) is 0 Å². The summed E-state index contributed by atoms with van der Waals surface area (Å²) in [5.74, 6) is -1.93. The molecule has 132 valence electrons. The Kier molecular flexibility index (Phi) is 6.51. The normalized spacial score (nSPS) is 11.6. The first-order valence-corrected chi connectivity index (χ1v) is 7.97. The quantitative estimate of drug-likeness (QED) is 0.713. The summed E-state index contributed by atoms with van der Waals surface area (Å²) in [7, 11) is 0. The van der Waals surface area contributed by atoms with E-state index in [-0.39, 0.29) is 24.7 Å². The predicted molar refractivity (Wildman–Crippen MR) is 92.3 cm³/mol. The number of carboxylic acid groups (broad SMARTS) is 1. The molecule has 0 fully saturated rings. The number of amides is 1. The number of benzene rings is 2. The van der Waals surface area contributed by atoms with Crippen molar-refractivity contribution < 1.29 is 23.8 Å². The van der Waals surface area contributed by atoms with Gasteiger partial charge in [-0.2, -0.15) is 0 Å². The van der Waals surface area contributed by atoms with Crippen molar-refractivity contribution in [1.82, 2.24) is 0 Å². The maximum atomic E-state index is 13.4. The Morgan fingerprint density at radius 1 is 1.16 bits per heavy atom. The predicted octanol–water partition coefficient (Wildman–Crippen LogP) is 3.81. The van der Waals surface area contributed by atoms with Crippen LogP contribution in [0.3, 0.4) is 0 Å². The highest BCUT2D eigenvalue weighted by molar-refractivity contribution is 5.90. The molecule has 0 spiro atoms. The van der Waals surface area contributed by atoms with Gasteiger partial charge in [0.1, 0.15) is 0 Å². The maximum Gasteiger partial charge on any atom is 0.310 e. The molecule has 2 aromatic carbocycles. The van der Waals surface area contributed by atoms with Gasteiger partial charge in [-0.25, -0.2) is 4.39 Å². The number of hydrogen-bond donors (Lipinski definition) is 2. The zero-order valence-electron chi connectivity index (χ0n) is 13.9. The average molecular weight is 345 g/mol. The molecule has 0 saturated heterocycles. The Labute approximate surface area is 145 Å². The van der Waals surface area contributed by atoms with Crippen LogP contribution < -0.4 is 10.1 Å². The molecule has 0 radical (unpaired) electrons. The summed E-state index contributed by atoms with van der Waals surface area (Å²) in [5, 5.41) is 11.7. The topological polar surface area (TPSA) is 75.6 Å². The molecule has 1 atom stereocenters. The molecule has 0 aliphatic carbocycles. The van der Waals surface area contributed by atoms with Crippen molar-refractivity contribution in [2.45, 2.75) is 25.7 Å². The Hall–Kier alpha value is -2.89. The number of aliphatic carboxylic acids is 1. The van der Waals surface area contributed by atoms with Crippen LogP contribution in [0.15, 0.2) is 48.5 Å². The Bertz CT molecular complexity index is 730. The molecular weight excluding hydrogens is 325 g/mol. The second-order valence-corrected chi connectivity index (χ2v) is 5.61. The van der Waals surface area contributed by atoms with E-state index in [4.69, 9.17) is 9.84 Å². The molecule has 2 aromatic rings. The summed E-state index contributed by atoms with van der Waals surface area (Å²) in [6.45, 7) is 1.84. The van der Waals surface area contributed by atoms with Crippen LogP contribution in [0.2, 0.25) is 0 Å². The van der Waals surface area contributed by atoms with E-state index in [0.29, 0.717) is 17.7 Å². The highest BCUT2D eigenvalue weighted by Crippen LogP contribution is 2.19. The van der Waals surface area contributed by atoms with Crippen molar-refractivity contribution in [3.63, 3.8) is 0 Å². The molecule has 25 heavy (non-hydrogen) atoms. The van der Waals surface area contributed by atoms with Crippen molar-refractivity contribution in [2.24, 2.45) is 0 Å². The van der Waals surface area contributed by atoms with E-state index >= 15 is 0 Å². The van der Waals surface area contributed by atoms with Crippen LogP contribution in [0.5, 0.6) is 5.75 Å². The van der Waals surface area contributed by atoms with Crippen LogP contribution in [-0.2, 0) is 9.59 Å². The summed E-state index contributed by atoms with van der Waals surface area (Å²) in [5.41, 5.74) is 1.27. The van der Waals surface area contributed by atoms with Gasteiger partial charge in [-0.1, -0.05) is 24.3 Å². The zero-order valence-corrected chi connectivity index (χ0v) is 13.9. The van der Waals surface area contributed by atoms with Gasteiger partial charge in [-0.05, 0) is 43.2 Å². The first-order valence-electron chi connectivity index (χ1n) is 7.97. The number of rotatable bonds is 8. The van der Waals surface area contributed by atoms with Gasteiger partial charge in [0.2, 0.25) is 5.91 Å². The Morgan fingerprint density at radius 2 is 1.84 bits per heavy atom. The van der Waals surface area contributed by atoms with Crippen molar-refractivity contribution in [1.29, 1.82) is 0 Å². The second-order valence-electron chi connectivity index (χ2n) is 5.61. The molecule has 6 heteroatoms. The van der Waals surface area contributed by atoms with E-state index in [1.165, 1.54) is 12.1 Å². The zero-order chi connectivity index (χ0) is 18.2. The number of halogens is 1. The maximum absolute atomic E-state index is 13.4. The number of hydrogen-bond acceptors (Lipinski definition) is 3. The summed E-state index contributed by atoms with van der Waals surface area (Å²) >= 11 is 0. The SMILES string of the molecule is CC(C(=O)O)c1ccc(NC(=O)CCCOc2ccccc2F)cc1. The number of carboxylic acids is 1. The van der Waals surface area contributed by atoms with Crippen LogP contribution in [0.4, 0.5) is 10.1 Å². The number of carbonyl (C=O) groups excluding carboxylic acids is 1. The van der Waals surface area contributed by atoms with E-state index in [0.717, 1.165) is 0 Å². The van der Waals surface area contributed by atoms with Crippen molar-refractivity contribution >= 4 is 17.6 Å². The highest BCUT2D eigenvalue weighted by atomic mass is 19.1. The molecule has 2 N–H and O–H groups in total. The van der Waals surface area contributed by atoms with Gasteiger partial charge < -0.3 is 15.2 Å². The van der Waals surface area contributed by atoms with Crippen LogP contribution >= 0.6 is 0 Å².